The number of hydrogen-bond donors (Lipinski definition) is 2. The third-order valence-electron chi connectivity index (χ3n) is 0.0899. The van der Waals surface area contributed by atoms with E-state index >= 15 is 0 Å². The summed E-state index contributed by atoms with van der Waals surface area (Å²) in [5.41, 5.74) is 0. The molecule has 0 fully saturated rings. The summed E-state index contributed by atoms with van der Waals surface area (Å²) in [7, 11) is -4.81. The van der Waals surface area contributed by atoms with E-state index in [0.29, 0.717) is 0 Å². The van der Waals surface area contributed by atoms with Crippen LogP contribution in [-0.2, 0) is 28.8 Å². The van der Waals surface area contributed by atoms with Crippen molar-refractivity contribution in [1.82, 2.24) is 0 Å². The van der Waals surface area contributed by atoms with Crippen LogP contribution in [0, 0.1) is 0 Å². The van der Waals surface area contributed by atoms with Crippen LogP contribution in [0.2, 0.25) is 0 Å². The third-order valence-corrected chi connectivity index (χ3v) is 0.270. The Morgan fingerprint density at radius 1 is 1.62 bits per heavy atom. The van der Waals surface area contributed by atoms with E-state index in [-0.39, 0.29) is 71.2 Å². The molecule has 0 aliphatic carbocycles. The maximum Gasteiger partial charge on any atom is 2.00 e. The van der Waals surface area contributed by atoms with Crippen molar-refractivity contribution < 1.29 is 45.9 Å². The fraction of sp³-hybridized carbons (Fsp3) is 0. The van der Waals surface area contributed by atoms with Crippen LogP contribution < -0.4 is 0 Å². The molecule has 4 nitrogen and oxygen atoms in total. The average molecular weight is 321 g/mol. The molecule has 8 heavy (non-hydrogen) atoms. The number of halogens is 1. The molecule has 8 heteroatoms. The minimum absolute atomic E-state index is 0. The molecule has 0 saturated heterocycles. The predicted molar refractivity (Wildman–Crippen MR) is 22.2 cm³/mol. The SMILES string of the molecule is O=P(O)(O)OF.[Ba+2].[H-].[H-].[Zn]. The monoisotopic (exact) mass is 320 g/mol. The van der Waals surface area contributed by atoms with Crippen LogP contribution in [0.3, 0.4) is 0 Å². The molecule has 0 atom stereocenters. The molecule has 0 saturated carbocycles. The quantitative estimate of drug-likeness (QED) is 0.520. The molecule has 0 rings (SSSR count). The van der Waals surface area contributed by atoms with Gasteiger partial charge in [-0.2, -0.15) is 0 Å². The Bertz CT molecular complexity index is 87.3. The molecule has 0 amide bonds. The van der Waals surface area contributed by atoms with Gasteiger partial charge in [-0.3, -0.25) is 0 Å². The standard InChI is InChI=1S/Ba.FH2O4P.Zn.2H/c;1-5-6(2,3)4;;;/h;(H2,2,3,4);;;/q+2;;;2*-1. The van der Waals surface area contributed by atoms with Gasteiger partial charge in [-0.15, -0.1) is 0 Å². The van der Waals surface area contributed by atoms with E-state index < -0.39 is 7.82 Å². The Morgan fingerprint density at radius 2 is 1.75 bits per heavy atom. The minimum Gasteiger partial charge on any atom is -1.00 e. The van der Waals surface area contributed by atoms with Crippen molar-refractivity contribution in [2.75, 3.05) is 0 Å². The fourth-order valence-electron chi connectivity index (χ4n) is 0. The van der Waals surface area contributed by atoms with Gasteiger partial charge in [0, 0.05) is 19.5 Å². The Kier molecular flexibility index (Phi) is 15.3. The third kappa shape index (κ3) is 15.7. The van der Waals surface area contributed by atoms with Crippen LogP contribution in [0.1, 0.15) is 2.85 Å². The zero-order chi connectivity index (χ0) is 5.21. The van der Waals surface area contributed by atoms with Crippen molar-refractivity contribution in [2.24, 2.45) is 0 Å². The second-order valence-electron chi connectivity index (χ2n) is 0.560. The first-order chi connectivity index (χ1) is 2.56. The summed E-state index contributed by atoms with van der Waals surface area (Å²) in [6.45, 7) is 0. The van der Waals surface area contributed by atoms with E-state index in [1.807, 2.05) is 0 Å². The molecule has 44 valence electrons. The summed E-state index contributed by atoms with van der Waals surface area (Å²) in [4.78, 5) is 14.7. The van der Waals surface area contributed by atoms with Gasteiger partial charge in [-0.1, -0.05) is 4.73 Å². The van der Waals surface area contributed by atoms with Crippen molar-refractivity contribution in [3.63, 3.8) is 0 Å². The van der Waals surface area contributed by atoms with Gasteiger partial charge in [-0.25, -0.2) is 4.57 Å². The summed E-state index contributed by atoms with van der Waals surface area (Å²) in [6.07, 6.45) is 0. The first-order valence-electron chi connectivity index (χ1n) is 0.919. The summed E-state index contributed by atoms with van der Waals surface area (Å²) in [5.74, 6) is 0. The molecule has 0 heterocycles. The maximum absolute atomic E-state index is 10.2. The largest absolute Gasteiger partial charge is 2.00 e. The van der Waals surface area contributed by atoms with Crippen LogP contribution in [0.25, 0.3) is 0 Å². The molecule has 0 aromatic heterocycles. The summed E-state index contributed by atoms with van der Waals surface area (Å²) < 4.78 is 21.4. The zero-order valence-electron chi connectivity index (χ0n) is 5.95. The molecule has 0 spiro atoms. The van der Waals surface area contributed by atoms with Gasteiger partial charge in [0.05, 0.1) is 0 Å². The molecule has 0 aliphatic heterocycles. The van der Waals surface area contributed by atoms with Crippen molar-refractivity contribution in [3.8, 4) is 0 Å². The van der Waals surface area contributed by atoms with Gasteiger partial charge in [0.15, 0.2) is 0 Å². The molecule has 0 unspecified atom stereocenters. The van der Waals surface area contributed by atoms with Crippen LogP contribution >= 0.6 is 7.82 Å². The van der Waals surface area contributed by atoms with E-state index in [2.05, 4.69) is 4.73 Å². The molecular weight excluding hydrogens is 317 g/mol. The van der Waals surface area contributed by atoms with Crippen molar-refractivity contribution in [3.05, 3.63) is 0 Å². The van der Waals surface area contributed by atoms with Crippen LogP contribution in [0.4, 0.5) is 4.53 Å². The van der Waals surface area contributed by atoms with Crippen LogP contribution in [-0.4, -0.2) is 58.7 Å². The smallest absolute Gasteiger partial charge is 1.00 e. The molecular formula is H4BaFO4PZn. The van der Waals surface area contributed by atoms with Crippen molar-refractivity contribution >= 4 is 56.7 Å². The van der Waals surface area contributed by atoms with Gasteiger partial charge in [0.1, 0.15) is 0 Å². The molecule has 0 aromatic rings. The Balaban J connectivity index is -0.0000000208. The van der Waals surface area contributed by atoms with Gasteiger partial charge >= 0.3 is 56.7 Å². The van der Waals surface area contributed by atoms with E-state index in [9.17, 15) is 4.53 Å². The zero-order valence-corrected chi connectivity index (χ0v) is 12.3. The minimum atomic E-state index is -4.81. The second kappa shape index (κ2) is 7.34. The summed E-state index contributed by atoms with van der Waals surface area (Å²) in [6, 6.07) is 0. The van der Waals surface area contributed by atoms with Crippen LogP contribution in [0.5, 0.6) is 0 Å². The molecule has 0 bridgehead atoms. The Morgan fingerprint density at radius 3 is 1.75 bits per heavy atom. The maximum atomic E-state index is 10.2. The van der Waals surface area contributed by atoms with E-state index in [0.717, 1.165) is 0 Å². The Hall–Kier alpha value is 2.23. The van der Waals surface area contributed by atoms with Gasteiger partial charge in [0.25, 0.3) is 0 Å². The number of phosphoric acid groups is 1. The Labute approximate surface area is 101 Å². The van der Waals surface area contributed by atoms with E-state index in [1.165, 1.54) is 0 Å². The predicted octanol–water partition coefficient (Wildman–Crippen LogP) is -0.178. The molecule has 0 aliphatic rings. The summed E-state index contributed by atoms with van der Waals surface area (Å²) in [5, 5.41) is 0. The fourth-order valence-corrected chi connectivity index (χ4v) is 0. The first-order valence-corrected chi connectivity index (χ1v) is 2.45. The normalized spacial score (nSPS) is 8.88. The molecule has 0 radical (unpaired) electrons. The number of rotatable bonds is 1. The van der Waals surface area contributed by atoms with Gasteiger partial charge in [-0.05, 0) is 4.53 Å². The van der Waals surface area contributed by atoms with Gasteiger partial charge in [0.2, 0.25) is 0 Å². The van der Waals surface area contributed by atoms with Gasteiger partial charge < -0.3 is 12.6 Å². The average Bonchev–Trinajstić information content (AvgIpc) is 1.35. The molecule has 2 N–H and O–H groups in total. The number of hydrogen-bond acceptors (Lipinski definition) is 2. The molecule has 0 aromatic carbocycles. The summed E-state index contributed by atoms with van der Waals surface area (Å²) >= 11 is 0. The van der Waals surface area contributed by atoms with Crippen molar-refractivity contribution in [1.29, 1.82) is 0 Å². The van der Waals surface area contributed by atoms with E-state index in [4.69, 9.17) is 14.4 Å². The first kappa shape index (κ1) is 16.7. The topological polar surface area (TPSA) is 66.8 Å². The van der Waals surface area contributed by atoms with E-state index in [1.54, 1.807) is 0 Å². The van der Waals surface area contributed by atoms with Crippen LogP contribution in [0.15, 0.2) is 0 Å². The second-order valence-corrected chi connectivity index (χ2v) is 1.68. The van der Waals surface area contributed by atoms with Crippen molar-refractivity contribution in [2.45, 2.75) is 0 Å².